The van der Waals surface area contributed by atoms with Crippen molar-refractivity contribution >= 4 is 33.9 Å². The Morgan fingerprint density at radius 2 is 2.00 bits per heavy atom. The van der Waals surface area contributed by atoms with Crippen molar-refractivity contribution in [3.8, 4) is 0 Å². The summed E-state index contributed by atoms with van der Waals surface area (Å²) >= 11 is 3.31. The van der Waals surface area contributed by atoms with Crippen LogP contribution in [0.5, 0.6) is 0 Å². The van der Waals surface area contributed by atoms with Gasteiger partial charge in [-0.1, -0.05) is 35.0 Å². The van der Waals surface area contributed by atoms with Crippen molar-refractivity contribution in [2.24, 2.45) is 0 Å². The summed E-state index contributed by atoms with van der Waals surface area (Å²) in [6, 6.07) is 6.59. The Bertz CT molecular complexity index is 454. The maximum absolute atomic E-state index is 11.5. The number of carboxylic acids is 1. The second kappa shape index (κ2) is 6.96. The van der Waals surface area contributed by atoms with E-state index in [-0.39, 0.29) is 0 Å². The number of amides is 1. The Hall–Kier alpha value is -1.62. The number of nitrogens with one attached hydrogen (secondary N) is 1. The first-order valence-corrected chi connectivity index (χ1v) is 6.29. The van der Waals surface area contributed by atoms with Crippen LogP contribution in [0.2, 0.25) is 0 Å². The molecule has 1 aromatic rings. The molecule has 0 unspecified atom stereocenters. The van der Waals surface area contributed by atoms with Crippen LogP contribution in [0.15, 0.2) is 34.8 Å². The molecule has 0 aliphatic rings. The van der Waals surface area contributed by atoms with Crippen molar-refractivity contribution in [1.82, 2.24) is 5.32 Å². The third-order valence-corrected chi connectivity index (χ3v) is 2.85. The maximum Gasteiger partial charge on any atom is 0.326 e. The van der Waals surface area contributed by atoms with Crippen molar-refractivity contribution in [3.63, 3.8) is 0 Å². The van der Waals surface area contributed by atoms with Gasteiger partial charge in [-0.3, -0.25) is 4.79 Å². The highest BCUT2D eigenvalue weighted by Crippen LogP contribution is 2.11. The lowest BCUT2D eigenvalue weighted by molar-refractivity contribution is -0.141. The lowest BCUT2D eigenvalue weighted by Crippen LogP contribution is -2.39. The minimum atomic E-state index is -1.03. The number of carbonyl (C=O) groups is 2. The number of halogens is 1. The lowest BCUT2D eigenvalue weighted by atomic mass is 10.2. The standard InChI is InChI=1S/C13H14BrNO3/c1-2-11(13(17)18)15-12(16)8-5-9-3-6-10(14)7-4-9/h3-8,11H,2H2,1H3,(H,15,16)(H,17,18)/t11-/m1/s1. The molecule has 96 valence electrons. The Morgan fingerprint density at radius 1 is 1.39 bits per heavy atom. The zero-order chi connectivity index (χ0) is 13.5. The number of carbonyl (C=O) groups excluding carboxylic acids is 1. The summed E-state index contributed by atoms with van der Waals surface area (Å²) in [5.41, 5.74) is 0.872. The van der Waals surface area contributed by atoms with E-state index in [2.05, 4.69) is 21.2 Å². The second-order valence-corrected chi connectivity index (χ2v) is 4.61. The number of hydrogen-bond donors (Lipinski definition) is 2. The van der Waals surface area contributed by atoms with Crippen LogP contribution in [-0.4, -0.2) is 23.0 Å². The van der Waals surface area contributed by atoms with Crippen molar-refractivity contribution in [2.75, 3.05) is 0 Å². The zero-order valence-electron chi connectivity index (χ0n) is 9.89. The summed E-state index contributed by atoms with van der Waals surface area (Å²) in [6.45, 7) is 1.71. The topological polar surface area (TPSA) is 66.4 Å². The summed E-state index contributed by atoms with van der Waals surface area (Å²) in [6.07, 6.45) is 3.32. The molecule has 0 fully saturated rings. The van der Waals surface area contributed by atoms with Crippen molar-refractivity contribution < 1.29 is 14.7 Å². The van der Waals surface area contributed by atoms with Crippen LogP contribution in [0.25, 0.3) is 6.08 Å². The van der Waals surface area contributed by atoms with Gasteiger partial charge in [0.05, 0.1) is 0 Å². The van der Waals surface area contributed by atoms with Crippen molar-refractivity contribution in [1.29, 1.82) is 0 Å². The molecule has 2 N–H and O–H groups in total. The van der Waals surface area contributed by atoms with E-state index in [1.54, 1.807) is 13.0 Å². The molecule has 18 heavy (non-hydrogen) atoms. The van der Waals surface area contributed by atoms with Crippen LogP contribution in [0, 0.1) is 0 Å². The van der Waals surface area contributed by atoms with E-state index in [4.69, 9.17) is 5.11 Å². The first kappa shape index (κ1) is 14.4. The van der Waals surface area contributed by atoms with Gasteiger partial charge in [0.2, 0.25) is 5.91 Å². The Balaban J connectivity index is 2.59. The van der Waals surface area contributed by atoms with Gasteiger partial charge in [-0.25, -0.2) is 4.79 Å². The first-order chi connectivity index (χ1) is 8.52. The van der Waals surface area contributed by atoms with Crippen LogP contribution in [0.1, 0.15) is 18.9 Å². The molecule has 5 heteroatoms. The van der Waals surface area contributed by atoms with Crippen molar-refractivity contribution in [2.45, 2.75) is 19.4 Å². The predicted molar refractivity (Wildman–Crippen MR) is 73.0 cm³/mol. The smallest absolute Gasteiger partial charge is 0.326 e. The number of benzene rings is 1. The minimum Gasteiger partial charge on any atom is -0.480 e. The molecular weight excluding hydrogens is 298 g/mol. The van der Waals surface area contributed by atoms with E-state index in [0.29, 0.717) is 6.42 Å². The summed E-state index contributed by atoms with van der Waals surface area (Å²) < 4.78 is 0.959. The molecule has 1 atom stereocenters. The fraction of sp³-hybridized carbons (Fsp3) is 0.231. The molecular formula is C13H14BrNO3. The third kappa shape index (κ3) is 4.71. The Morgan fingerprint density at radius 3 is 2.50 bits per heavy atom. The molecule has 0 saturated carbocycles. The monoisotopic (exact) mass is 311 g/mol. The quantitative estimate of drug-likeness (QED) is 0.821. The van der Waals surface area contributed by atoms with E-state index in [1.807, 2.05) is 24.3 Å². The van der Waals surface area contributed by atoms with Gasteiger partial charge >= 0.3 is 5.97 Å². The summed E-state index contributed by atoms with van der Waals surface area (Å²) in [7, 11) is 0. The number of rotatable bonds is 5. The van der Waals surface area contributed by atoms with Gasteiger partial charge in [-0.2, -0.15) is 0 Å². The summed E-state index contributed by atoms with van der Waals surface area (Å²) in [5, 5.41) is 11.2. The average molecular weight is 312 g/mol. The van der Waals surface area contributed by atoms with E-state index in [9.17, 15) is 9.59 Å². The molecule has 0 radical (unpaired) electrons. The average Bonchev–Trinajstić information content (AvgIpc) is 2.35. The van der Waals surface area contributed by atoms with Crippen LogP contribution in [0.4, 0.5) is 0 Å². The van der Waals surface area contributed by atoms with Crippen molar-refractivity contribution in [3.05, 3.63) is 40.4 Å². The summed E-state index contributed by atoms with van der Waals surface area (Å²) in [5.74, 6) is -1.44. The number of carboxylic acid groups (broad SMARTS) is 1. The third-order valence-electron chi connectivity index (χ3n) is 2.32. The lowest BCUT2D eigenvalue weighted by Gasteiger charge is -2.09. The maximum atomic E-state index is 11.5. The van der Waals surface area contributed by atoms with E-state index < -0.39 is 17.9 Å². The predicted octanol–water partition coefficient (Wildman–Crippen LogP) is 2.44. The number of aliphatic carboxylic acids is 1. The van der Waals surface area contributed by atoms with Gasteiger partial charge in [0.15, 0.2) is 0 Å². The molecule has 0 aliphatic heterocycles. The highest BCUT2D eigenvalue weighted by Gasteiger charge is 2.15. The van der Waals surface area contributed by atoms with Gasteiger partial charge in [0, 0.05) is 10.5 Å². The fourth-order valence-corrected chi connectivity index (χ4v) is 1.57. The molecule has 0 saturated heterocycles. The molecule has 1 aromatic carbocycles. The molecule has 0 aliphatic carbocycles. The highest BCUT2D eigenvalue weighted by atomic mass is 79.9. The Labute approximate surface area is 114 Å². The van der Waals surface area contributed by atoms with Gasteiger partial charge < -0.3 is 10.4 Å². The fourth-order valence-electron chi connectivity index (χ4n) is 1.30. The molecule has 0 heterocycles. The van der Waals surface area contributed by atoms with Crippen LogP contribution < -0.4 is 5.32 Å². The number of hydrogen-bond acceptors (Lipinski definition) is 2. The SMILES string of the molecule is CC[C@@H](NC(=O)C=Cc1ccc(Br)cc1)C(=O)O. The van der Waals surface area contributed by atoms with Gasteiger partial charge in [0.25, 0.3) is 0 Å². The normalized spacial score (nSPS) is 12.3. The van der Waals surface area contributed by atoms with E-state index in [0.717, 1.165) is 10.0 Å². The molecule has 4 nitrogen and oxygen atoms in total. The zero-order valence-corrected chi connectivity index (χ0v) is 11.5. The Kier molecular flexibility index (Phi) is 5.58. The van der Waals surface area contributed by atoms with Crippen LogP contribution >= 0.6 is 15.9 Å². The first-order valence-electron chi connectivity index (χ1n) is 5.50. The highest BCUT2D eigenvalue weighted by molar-refractivity contribution is 9.10. The van der Waals surface area contributed by atoms with Crippen LogP contribution in [0.3, 0.4) is 0 Å². The molecule has 0 spiro atoms. The largest absolute Gasteiger partial charge is 0.480 e. The molecule has 1 amide bonds. The van der Waals surface area contributed by atoms with Gasteiger partial charge in [-0.05, 0) is 30.2 Å². The van der Waals surface area contributed by atoms with E-state index in [1.165, 1.54) is 6.08 Å². The summed E-state index contributed by atoms with van der Waals surface area (Å²) in [4.78, 5) is 22.2. The minimum absolute atomic E-state index is 0.354. The van der Waals surface area contributed by atoms with Gasteiger partial charge in [-0.15, -0.1) is 0 Å². The van der Waals surface area contributed by atoms with Crippen LogP contribution in [-0.2, 0) is 9.59 Å². The molecule has 0 aromatic heterocycles. The second-order valence-electron chi connectivity index (χ2n) is 3.69. The molecule has 0 bridgehead atoms. The van der Waals surface area contributed by atoms with E-state index >= 15 is 0 Å². The molecule has 1 rings (SSSR count). The van der Waals surface area contributed by atoms with Gasteiger partial charge in [0.1, 0.15) is 6.04 Å².